The van der Waals surface area contributed by atoms with Gasteiger partial charge in [0.2, 0.25) is 0 Å². The first kappa shape index (κ1) is 35.6. The Balaban J connectivity index is 0.00000240. The van der Waals surface area contributed by atoms with Crippen molar-refractivity contribution in [2.45, 2.75) is 22.4 Å². The summed E-state index contributed by atoms with van der Waals surface area (Å²) in [6, 6.07) is 22.2. The molecule has 6 rings (SSSR count). The monoisotopic (exact) mass is 744 g/mol. The Kier molecular flexibility index (Phi) is 10.7. The molecule has 0 aromatic heterocycles. The predicted molar refractivity (Wildman–Crippen MR) is 162 cm³/mol. The first-order valence-corrected chi connectivity index (χ1v) is 17.9. The van der Waals surface area contributed by atoms with Crippen molar-refractivity contribution in [3.8, 4) is 11.1 Å². The number of fused-ring (bicyclic) bond motifs is 3. The van der Waals surface area contributed by atoms with Gasteiger partial charge in [0.05, 0.1) is 0 Å². The summed E-state index contributed by atoms with van der Waals surface area (Å²) in [6.45, 7) is 7.84. The molecule has 0 saturated carbocycles. The molecule has 2 aliphatic rings. The van der Waals surface area contributed by atoms with Crippen molar-refractivity contribution in [2.24, 2.45) is 0 Å². The molecule has 0 unspecified atom stereocenters. The first-order chi connectivity index (χ1) is 21.0. The van der Waals surface area contributed by atoms with Gasteiger partial charge in [-0.3, -0.25) is 0 Å². The topological polar surface area (TPSA) is 0 Å². The van der Waals surface area contributed by atoms with Crippen molar-refractivity contribution in [2.75, 3.05) is 0 Å². The minimum atomic E-state index is -4.61. The molecule has 0 radical (unpaired) electrons. The van der Waals surface area contributed by atoms with Crippen LogP contribution in [0.1, 0.15) is 54.6 Å². The second-order valence-electron chi connectivity index (χ2n) is 10.8. The van der Waals surface area contributed by atoms with Gasteiger partial charge in [-0.05, 0) is 0 Å². The van der Waals surface area contributed by atoms with E-state index in [1.54, 1.807) is 24.3 Å². The molecule has 0 atom stereocenters. The van der Waals surface area contributed by atoms with Crippen LogP contribution in [0.15, 0.2) is 120 Å². The van der Waals surface area contributed by atoms with Crippen molar-refractivity contribution >= 4 is 15.4 Å². The molecule has 0 N–H and O–H groups in total. The molecule has 46 heavy (non-hydrogen) atoms. The van der Waals surface area contributed by atoms with E-state index in [9.17, 15) is 26.3 Å². The Hall–Kier alpha value is -3.25. The van der Waals surface area contributed by atoms with Crippen LogP contribution in [0.3, 0.4) is 0 Å². The quantitative estimate of drug-likeness (QED) is 0.249. The minimum absolute atomic E-state index is 0. The van der Waals surface area contributed by atoms with Crippen molar-refractivity contribution in [1.82, 2.24) is 0 Å². The third kappa shape index (κ3) is 6.74. The van der Waals surface area contributed by atoms with Crippen molar-refractivity contribution in [1.29, 1.82) is 0 Å². The van der Waals surface area contributed by atoms with Gasteiger partial charge in [0.15, 0.2) is 0 Å². The number of alkyl halides is 6. The fourth-order valence-electron chi connectivity index (χ4n) is 6.17. The molecule has 0 saturated heterocycles. The molecular formula is C37H26Cl2F6Zr. The van der Waals surface area contributed by atoms with Crippen molar-refractivity contribution in [3.63, 3.8) is 0 Å². The van der Waals surface area contributed by atoms with Crippen LogP contribution < -0.4 is 24.8 Å². The zero-order valence-electron chi connectivity index (χ0n) is 24.2. The number of halogens is 8. The molecule has 0 fully saturated rings. The second kappa shape index (κ2) is 13.9. The minimum Gasteiger partial charge on any atom is -1.00 e. The van der Waals surface area contributed by atoms with Crippen LogP contribution in [0.25, 0.3) is 23.3 Å². The van der Waals surface area contributed by atoms with Gasteiger partial charge < -0.3 is 24.8 Å². The zero-order valence-corrected chi connectivity index (χ0v) is 28.2. The maximum absolute atomic E-state index is 14.0. The summed E-state index contributed by atoms with van der Waals surface area (Å²) in [7, 11) is 0. The zero-order chi connectivity index (χ0) is 31.2. The van der Waals surface area contributed by atoms with E-state index < -0.39 is 44.7 Å². The summed E-state index contributed by atoms with van der Waals surface area (Å²) in [5, 5.41) is 0. The van der Waals surface area contributed by atoms with Gasteiger partial charge in [-0.2, -0.15) is 0 Å². The van der Waals surface area contributed by atoms with Crippen molar-refractivity contribution < 1.29 is 72.4 Å². The van der Waals surface area contributed by atoms with Gasteiger partial charge in [0, 0.05) is 0 Å². The van der Waals surface area contributed by atoms with E-state index in [4.69, 9.17) is 0 Å². The Morgan fingerprint density at radius 1 is 0.674 bits per heavy atom. The van der Waals surface area contributed by atoms with Crippen LogP contribution in [0, 0.1) is 0 Å². The Labute approximate surface area is 283 Å². The third-order valence-electron chi connectivity index (χ3n) is 8.17. The van der Waals surface area contributed by atoms with E-state index in [1.807, 2.05) is 42.5 Å². The molecule has 234 valence electrons. The fraction of sp³-hybridized carbons (Fsp3) is 0.108. The Morgan fingerprint density at radius 3 is 1.54 bits per heavy atom. The van der Waals surface area contributed by atoms with Gasteiger partial charge in [-0.1, -0.05) is 0 Å². The molecule has 0 nitrogen and oxygen atoms in total. The molecule has 2 aliphatic carbocycles. The van der Waals surface area contributed by atoms with E-state index in [0.29, 0.717) is 20.8 Å². The van der Waals surface area contributed by atoms with Crippen LogP contribution in [-0.4, -0.2) is 3.21 Å². The second-order valence-corrected chi connectivity index (χ2v) is 17.1. The first-order valence-electron chi connectivity index (χ1n) is 14.0. The van der Waals surface area contributed by atoms with Gasteiger partial charge in [-0.25, -0.2) is 0 Å². The predicted octanol–water partition coefficient (Wildman–Crippen LogP) is 4.82. The SMILES string of the molecule is C=Cc1ccc2c(c1)-c1cc(C=C)ccc1[CH]2[Zr+2]([C]1=CC=CC1)=[C](c1cccc(C(F)(F)F)c1)c1cccc(C(F)(F)F)c1.[Cl-].[Cl-]. The molecule has 4 aromatic carbocycles. The summed E-state index contributed by atoms with van der Waals surface area (Å²) in [6.07, 6.45) is 0.862. The Bertz CT molecular complexity index is 1800. The number of allylic oxidation sites excluding steroid dienone is 4. The summed E-state index contributed by atoms with van der Waals surface area (Å²) in [4.78, 5) is 0. The van der Waals surface area contributed by atoms with E-state index in [2.05, 4.69) is 25.3 Å². The maximum atomic E-state index is 14.0. The average molecular weight is 747 g/mol. The molecule has 0 heterocycles. The fourth-order valence-corrected chi connectivity index (χ4v) is 15.1. The van der Waals surface area contributed by atoms with E-state index in [-0.39, 0.29) is 28.4 Å². The van der Waals surface area contributed by atoms with E-state index in [1.165, 1.54) is 12.1 Å². The summed E-state index contributed by atoms with van der Waals surface area (Å²) < 4.78 is 85.6. The van der Waals surface area contributed by atoms with Crippen LogP contribution in [0.5, 0.6) is 0 Å². The number of hydrogen-bond acceptors (Lipinski definition) is 0. The van der Waals surface area contributed by atoms with Crippen LogP contribution in [0.4, 0.5) is 26.3 Å². The van der Waals surface area contributed by atoms with E-state index in [0.717, 1.165) is 60.9 Å². The molecule has 9 heteroatoms. The van der Waals surface area contributed by atoms with Crippen LogP contribution in [-0.2, 0) is 33.6 Å². The van der Waals surface area contributed by atoms with Crippen LogP contribution in [0.2, 0.25) is 0 Å². The number of rotatable bonds is 6. The standard InChI is InChI=1S/C17H13.C15H8F6.C5H5.2ClH.Zr/c1-3-12-5-7-14-11-15-8-6-13(4-2)10-17(15)16(14)9-12;16-14(17,18)12-5-1-3-10(8-12)7-11-4-2-6-13(9-11)15(19,20)21;1-2-4-5-3-1;;;/h3-11H,1-2H2;1-6,8-9H;1-3H,4H2;2*1H;/q;;;;;+2/p-2. The molecule has 4 aromatic rings. The number of hydrogen-bond donors (Lipinski definition) is 0. The van der Waals surface area contributed by atoms with Gasteiger partial charge in [-0.15, -0.1) is 0 Å². The third-order valence-corrected chi connectivity index (χ3v) is 16.5. The summed E-state index contributed by atoms with van der Waals surface area (Å²) in [5.41, 5.74) is 4.86. The Morgan fingerprint density at radius 2 is 1.15 bits per heavy atom. The smallest absolute Gasteiger partial charge is 1.00 e. The molecule has 0 bridgehead atoms. The number of benzene rings is 4. The van der Waals surface area contributed by atoms with Gasteiger partial charge >= 0.3 is 261 Å². The summed E-state index contributed by atoms with van der Waals surface area (Å²) >= 11 is -3.51. The van der Waals surface area contributed by atoms with Crippen molar-refractivity contribution in [3.05, 3.63) is 164 Å². The molecule has 0 amide bonds. The largest absolute Gasteiger partial charge is 1.00 e. The van der Waals surface area contributed by atoms with Crippen LogP contribution >= 0.6 is 0 Å². The normalized spacial score (nSPS) is 13.4. The molecule has 0 aliphatic heterocycles. The van der Waals surface area contributed by atoms with Gasteiger partial charge in [0.25, 0.3) is 0 Å². The average Bonchev–Trinajstić information content (AvgIpc) is 3.65. The molecule has 0 spiro atoms. The molecular weight excluding hydrogens is 721 g/mol. The summed E-state index contributed by atoms with van der Waals surface area (Å²) in [5.74, 6) is 0. The van der Waals surface area contributed by atoms with Gasteiger partial charge in [0.1, 0.15) is 0 Å². The maximum Gasteiger partial charge on any atom is -1.00 e. The van der Waals surface area contributed by atoms with E-state index >= 15 is 0 Å².